The molecule has 8 heteroatoms. The maximum absolute atomic E-state index is 13.5. The second kappa shape index (κ2) is 14.7. The van der Waals surface area contributed by atoms with Crippen LogP contribution in [0.1, 0.15) is 44.2 Å². The first kappa shape index (κ1) is 30.9. The number of rotatable bonds is 14. The molecule has 2 amide bonds. The van der Waals surface area contributed by atoms with Crippen LogP contribution in [0.4, 0.5) is 0 Å². The molecular formula is C31H39Cl2N3O3. The summed E-state index contributed by atoms with van der Waals surface area (Å²) < 4.78 is 0. The Bertz CT molecular complexity index is 1160. The molecule has 0 bridgehead atoms. The third-order valence-electron chi connectivity index (χ3n) is 7.21. The zero-order chi connectivity index (χ0) is 28.4. The van der Waals surface area contributed by atoms with Crippen molar-refractivity contribution in [1.82, 2.24) is 10.2 Å². The minimum absolute atomic E-state index is 0.0856. The van der Waals surface area contributed by atoms with Crippen molar-refractivity contribution in [2.45, 2.75) is 52.2 Å². The maximum atomic E-state index is 13.5. The van der Waals surface area contributed by atoms with Crippen LogP contribution >= 0.6 is 23.2 Å². The van der Waals surface area contributed by atoms with Crippen molar-refractivity contribution >= 4 is 35.0 Å². The lowest BCUT2D eigenvalue weighted by molar-refractivity contribution is -0.132. The number of amides is 2. The third kappa shape index (κ3) is 8.18. The Hall–Kier alpha value is -2.64. The van der Waals surface area contributed by atoms with Gasteiger partial charge in [-0.1, -0.05) is 85.6 Å². The lowest BCUT2D eigenvalue weighted by Gasteiger charge is -2.41. The molecule has 0 aliphatic heterocycles. The number of primary amides is 1. The molecule has 0 aromatic heterocycles. The van der Waals surface area contributed by atoms with E-state index in [0.29, 0.717) is 41.7 Å². The lowest BCUT2D eigenvalue weighted by Crippen LogP contribution is -2.51. The summed E-state index contributed by atoms with van der Waals surface area (Å²) in [6.07, 6.45) is 6.58. The molecule has 0 heterocycles. The molecule has 2 aromatic rings. The van der Waals surface area contributed by atoms with E-state index in [1.807, 2.05) is 61.2 Å². The van der Waals surface area contributed by atoms with Crippen molar-refractivity contribution in [3.05, 3.63) is 93.5 Å². The van der Waals surface area contributed by atoms with Crippen LogP contribution in [0, 0.1) is 11.3 Å². The fourth-order valence-corrected chi connectivity index (χ4v) is 5.90. The molecule has 0 spiro atoms. The normalized spacial score (nSPS) is 18.3. The van der Waals surface area contributed by atoms with Crippen LogP contribution in [0.25, 0.3) is 0 Å². The summed E-state index contributed by atoms with van der Waals surface area (Å²) in [5.74, 6) is -1.22. The molecule has 1 unspecified atom stereocenters. The molecule has 4 N–H and O–H groups in total. The Balaban J connectivity index is 1.88. The fraction of sp³-hybridized carbons (Fsp3) is 0.419. The molecule has 3 atom stereocenters. The number of nitrogens with zero attached hydrogens (tertiary/aromatic N) is 1. The minimum Gasteiger partial charge on any atom is -0.391 e. The SMILES string of the molecule is CCCN(CCC)C(=O)C1=CC=CC(C(N)=O)([C@H](Cc2ccccc2)[C@@H](O)CNCc2cc(Cl)cc(Cl)c2)C1. The minimum atomic E-state index is -1.24. The number of hydrogen-bond acceptors (Lipinski definition) is 4. The van der Waals surface area contributed by atoms with E-state index >= 15 is 0 Å². The average molecular weight is 573 g/mol. The van der Waals surface area contributed by atoms with Gasteiger partial charge in [-0.25, -0.2) is 0 Å². The van der Waals surface area contributed by atoms with Gasteiger partial charge in [0.1, 0.15) is 0 Å². The van der Waals surface area contributed by atoms with Gasteiger partial charge in [-0.05, 0) is 55.0 Å². The highest BCUT2D eigenvalue weighted by Crippen LogP contribution is 2.43. The first-order valence-electron chi connectivity index (χ1n) is 13.5. The first-order valence-corrected chi connectivity index (χ1v) is 14.3. The summed E-state index contributed by atoms with van der Waals surface area (Å²) in [4.78, 5) is 28.6. The van der Waals surface area contributed by atoms with Crippen LogP contribution in [0.2, 0.25) is 10.0 Å². The highest BCUT2D eigenvalue weighted by molar-refractivity contribution is 6.34. The van der Waals surface area contributed by atoms with Gasteiger partial charge in [-0.2, -0.15) is 0 Å². The number of carbonyl (C=O) groups is 2. The quantitative estimate of drug-likeness (QED) is 0.286. The van der Waals surface area contributed by atoms with Gasteiger partial charge in [0.05, 0.1) is 11.5 Å². The van der Waals surface area contributed by atoms with E-state index in [9.17, 15) is 14.7 Å². The van der Waals surface area contributed by atoms with E-state index in [4.69, 9.17) is 28.9 Å². The summed E-state index contributed by atoms with van der Waals surface area (Å²) in [7, 11) is 0. The summed E-state index contributed by atoms with van der Waals surface area (Å²) in [5, 5.41) is 15.9. The van der Waals surface area contributed by atoms with Crippen LogP contribution in [-0.4, -0.2) is 47.6 Å². The topological polar surface area (TPSA) is 95.7 Å². The number of carbonyl (C=O) groups excluding carboxylic acids is 2. The zero-order valence-electron chi connectivity index (χ0n) is 22.7. The molecule has 1 aliphatic carbocycles. The van der Waals surface area contributed by atoms with Crippen molar-refractivity contribution in [3.63, 3.8) is 0 Å². The number of aliphatic hydroxyl groups is 1. The number of allylic oxidation sites excluding steroid dienone is 2. The maximum Gasteiger partial charge on any atom is 0.249 e. The van der Waals surface area contributed by atoms with Crippen molar-refractivity contribution in [2.75, 3.05) is 19.6 Å². The van der Waals surface area contributed by atoms with Gasteiger partial charge >= 0.3 is 0 Å². The zero-order valence-corrected chi connectivity index (χ0v) is 24.2. The number of nitrogens with one attached hydrogen (secondary N) is 1. The van der Waals surface area contributed by atoms with E-state index < -0.39 is 23.3 Å². The molecule has 6 nitrogen and oxygen atoms in total. The standard InChI is InChI=1S/C31H39Cl2N3O3/c1-3-13-36(14-4-2)29(38)24-11-8-12-31(19-24,30(34)39)27(17-22-9-6-5-7-10-22)28(37)21-35-20-23-15-25(32)18-26(33)16-23/h5-12,15-16,18,27-28,35,37H,3-4,13-14,17,19-21H2,1-2H3,(H2,34,39)/t27-,28+,31?/m1/s1. The summed E-state index contributed by atoms with van der Waals surface area (Å²) in [5.41, 5.74) is 7.25. The van der Waals surface area contributed by atoms with Gasteiger partial charge in [-0.15, -0.1) is 0 Å². The number of nitrogens with two attached hydrogens (primary N) is 1. The Labute approximate surface area is 241 Å². The lowest BCUT2D eigenvalue weighted by atomic mass is 9.64. The van der Waals surface area contributed by atoms with E-state index in [0.717, 1.165) is 24.0 Å². The van der Waals surface area contributed by atoms with E-state index in [-0.39, 0.29) is 18.9 Å². The average Bonchev–Trinajstić information content (AvgIpc) is 2.91. The molecule has 0 radical (unpaired) electrons. The van der Waals surface area contributed by atoms with Crippen molar-refractivity contribution in [1.29, 1.82) is 0 Å². The Morgan fingerprint density at radius 3 is 2.28 bits per heavy atom. The summed E-state index contributed by atoms with van der Waals surface area (Å²) in [6.45, 7) is 6.00. The summed E-state index contributed by atoms with van der Waals surface area (Å²) in [6, 6.07) is 15.0. The predicted octanol–water partition coefficient (Wildman–Crippen LogP) is 5.31. The van der Waals surface area contributed by atoms with Crippen molar-refractivity contribution in [2.24, 2.45) is 17.1 Å². The third-order valence-corrected chi connectivity index (χ3v) is 7.65. The second-order valence-electron chi connectivity index (χ2n) is 10.2. The highest BCUT2D eigenvalue weighted by Gasteiger charge is 2.47. The van der Waals surface area contributed by atoms with Gasteiger partial charge in [0.25, 0.3) is 0 Å². The molecule has 3 rings (SSSR count). The molecule has 0 saturated carbocycles. The molecule has 1 aliphatic rings. The van der Waals surface area contributed by atoms with Crippen LogP contribution in [-0.2, 0) is 22.6 Å². The molecule has 0 saturated heterocycles. The molecule has 39 heavy (non-hydrogen) atoms. The number of aliphatic hydroxyl groups excluding tert-OH is 1. The van der Waals surface area contributed by atoms with Crippen molar-refractivity contribution < 1.29 is 14.7 Å². The molecule has 2 aromatic carbocycles. The monoisotopic (exact) mass is 571 g/mol. The number of benzene rings is 2. The first-order chi connectivity index (χ1) is 18.7. The van der Waals surface area contributed by atoms with E-state index in [1.54, 1.807) is 24.3 Å². The molecular weight excluding hydrogens is 533 g/mol. The van der Waals surface area contributed by atoms with Gasteiger partial charge < -0.3 is 21.1 Å². The summed E-state index contributed by atoms with van der Waals surface area (Å²) >= 11 is 12.3. The van der Waals surface area contributed by atoms with E-state index in [2.05, 4.69) is 5.32 Å². The number of halogens is 2. The number of hydrogen-bond donors (Lipinski definition) is 3. The van der Waals surface area contributed by atoms with Gasteiger partial charge in [0.2, 0.25) is 11.8 Å². The highest BCUT2D eigenvalue weighted by atomic mass is 35.5. The van der Waals surface area contributed by atoms with Gasteiger partial charge in [0.15, 0.2) is 0 Å². The van der Waals surface area contributed by atoms with Gasteiger partial charge in [0, 0.05) is 47.7 Å². The smallest absolute Gasteiger partial charge is 0.249 e. The molecule has 210 valence electrons. The Morgan fingerprint density at radius 1 is 1.05 bits per heavy atom. The largest absolute Gasteiger partial charge is 0.391 e. The predicted molar refractivity (Wildman–Crippen MR) is 158 cm³/mol. The fourth-order valence-electron chi connectivity index (χ4n) is 5.33. The molecule has 0 fully saturated rings. The van der Waals surface area contributed by atoms with Crippen molar-refractivity contribution in [3.8, 4) is 0 Å². The van der Waals surface area contributed by atoms with Crippen LogP contribution in [0.5, 0.6) is 0 Å². The van der Waals surface area contributed by atoms with Crippen LogP contribution in [0.15, 0.2) is 72.3 Å². The van der Waals surface area contributed by atoms with E-state index in [1.165, 1.54) is 0 Å². The second-order valence-corrected chi connectivity index (χ2v) is 11.1. The Kier molecular flexibility index (Phi) is 11.6. The van der Waals surface area contributed by atoms with Gasteiger partial charge in [-0.3, -0.25) is 9.59 Å². The van der Waals surface area contributed by atoms with Crippen LogP contribution in [0.3, 0.4) is 0 Å². The van der Waals surface area contributed by atoms with Crippen LogP contribution < -0.4 is 11.1 Å². The Morgan fingerprint density at radius 2 is 1.69 bits per heavy atom.